The second kappa shape index (κ2) is 6.27. The third-order valence-corrected chi connectivity index (χ3v) is 3.79. The second-order valence-corrected chi connectivity index (χ2v) is 5.68. The predicted octanol–water partition coefficient (Wildman–Crippen LogP) is 1.45. The molecule has 2 heterocycles. The summed E-state index contributed by atoms with van der Waals surface area (Å²) in [5.74, 6) is 0.0720. The fourth-order valence-corrected chi connectivity index (χ4v) is 2.57. The summed E-state index contributed by atoms with van der Waals surface area (Å²) in [6.45, 7) is 5.21. The summed E-state index contributed by atoms with van der Waals surface area (Å²) >= 11 is 0. The van der Waals surface area contributed by atoms with Crippen molar-refractivity contribution in [2.75, 3.05) is 13.2 Å². The first-order chi connectivity index (χ1) is 10.6. The average molecular weight is 300 g/mol. The van der Waals surface area contributed by atoms with Crippen LogP contribution in [0.5, 0.6) is 0 Å². The molecule has 0 bridgehead atoms. The van der Waals surface area contributed by atoms with Crippen LogP contribution in [0.1, 0.15) is 19.5 Å². The second-order valence-electron chi connectivity index (χ2n) is 5.68. The molecule has 0 spiro atoms. The molecule has 6 nitrogen and oxygen atoms in total. The lowest BCUT2D eigenvalue weighted by molar-refractivity contribution is -0.142. The number of rotatable bonds is 3. The summed E-state index contributed by atoms with van der Waals surface area (Å²) < 4.78 is 5.56. The van der Waals surface area contributed by atoms with Crippen LogP contribution in [0.2, 0.25) is 0 Å². The number of carbonyl (C=O) groups excluding carboxylic acids is 1. The Bertz CT molecular complexity index is 641. The quantitative estimate of drug-likeness (QED) is 0.861. The first-order valence-electron chi connectivity index (χ1n) is 7.51. The minimum absolute atomic E-state index is 0.0720. The lowest BCUT2D eigenvalue weighted by Gasteiger charge is -2.36. The van der Waals surface area contributed by atoms with E-state index in [1.165, 1.54) is 0 Å². The Labute approximate surface area is 129 Å². The van der Waals surface area contributed by atoms with Crippen LogP contribution in [-0.2, 0) is 16.0 Å². The predicted molar refractivity (Wildman–Crippen MR) is 81.7 cm³/mol. The lowest BCUT2D eigenvalue weighted by Crippen LogP contribution is -2.50. The van der Waals surface area contributed by atoms with Crippen molar-refractivity contribution in [3.05, 3.63) is 42.2 Å². The van der Waals surface area contributed by atoms with Crippen LogP contribution in [0.15, 0.2) is 36.5 Å². The van der Waals surface area contributed by atoms with Crippen molar-refractivity contribution in [2.45, 2.75) is 32.4 Å². The fraction of sp³-hybridized carbons (Fsp3) is 0.438. The van der Waals surface area contributed by atoms with Gasteiger partial charge < -0.3 is 9.64 Å². The van der Waals surface area contributed by atoms with E-state index in [1.807, 2.05) is 49.1 Å². The van der Waals surface area contributed by atoms with E-state index < -0.39 is 0 Å². The Hall–Kier alpha value is -2.21. The van der Waals surface area contributed by atoms with Gasteiger partial charge in [-0.3, -0.25) is 4.79 Å². The topological polar surface area (TPSA) is 60.2 Å². The summed E-state index contributed by atoms with van der Waals surface area (Å²) in [5.41, 5.74) is 1.56. The zero-order chi connectivity index (χ0) is 15.5. The number of carbonyl (C=O) groups is 1. The van der Waals surface area contributed by atoms with Crippen molar-refractivity contribution in [1.29, 1.82) is 0 Å². The summed E-state index contributed by atoms with van der Waals surface area (Å²) in [7, 11) is 0. The Balaban J connectivity index is 1.68. The van der Waals surface area contributed by atoms with Crippen LogP contribution in [0, 0.1) is 0 Å². The van der Waals surface area contributed by atoms with E-state index in [9.17, 15) is 4.79 Å². The zero-order valence-corrected chi connectivity index (χ0v) is 12.8. The highest BCUT2D eigenvalue weighted by atomic mass is 16.5. The van der Waals surface area contributed by atoms with Gasteiger partial charge in [-0.05, 0) is 26.0 Å². The number of para-hydroxylation sites is 1. The molecule has 3 rings (SSSR count). The van der Waals surface area contributed by atoms with Gasteiger partial charge in [0.1, 0.15) is 0 Å². The number of ether oxygens (including phenoxy) is 1. The average Bonchev–Trinajstić information content (AvgIpc) is 2.99. The van der Waals surface area contributed by atoms with Crippen LogP contribution in [0.4, 0.5) is 0 Å². The van der Waals surface area contributed by atoms with Gasteiger partial charge in [-0.15, -0.1) is 0 Å². The number of aromatic nitrogens is 3. The van der Waals surface area contributed by atoms with E-state index in [0.717, 1.165) is 5.69 Å². The van der Waals surface area contributed by atoms with E-state index in [0.29, 0.717) is 18.8 Å². The highest BCUT2D eigenvalue weighted by Gasteiger charge is 2.27. The van der Waals surface area contributed by atoms with Crippen molar-refractivity contribution in [1.82, 2.24) is 19.9 Å². The molecule has 22 heavy (non-hydrogen) atoms. The van der Waals surface area contributed by atoms with Gasteiger partial charge in [-0.2, -0.15) is 15.0 Å². The number of amides is 1. The van der Waals surface area contributed by atoms with E-state index >= 15 is 0 Å². The molecule has 0 radical (unpaired) electrons. The largest absolute Gasteiger partial charge is 0.375 e. The van der Waals surface area contributed by atoms with Gasteiger partial charge in [0, 0.05) is 6.54 Å². The standard InChI is InChI=1S/C16H20N4O2/c1-12-11-22-13(2)10-19(12)16(21)8-14-9-17-20(18-14)15-6-4-3-5-7-15/h3-7,9,12-13H,8,10-11H2,1-2H3. The molecule has 2 atom stereocenters. The smallest absolute Gasteiger partial charge is 0.229 e. The van der Waals surface area contributed by atoms with Crippen LogP contribution >= 0.6 is 0 Å². The first kappa shape index (κ1) is 14.7. The SMILES string of the molecule is CC1CN(C(=O)Cc2cnn(-c3ccccc3)n2)C(C)CO1. The molecule has 1 aromatic carbocycles. The van der Waals surface area contributed by atoms with Crippen molar-refractivity contribution in [3.63, 3.8) is 0 Å². The summed E-state index contributed by atoms with van der Waals surface area (Å²) in [5, 5.41) is 8.61. The van der Waals surface area contributed by atoms with Crippen LogP contribution in [0.3, 0.4) is 0 Å². The van der Waals surface area contributed by atoms with Crippen LogP contribution in [-0.4, -0.2) is 51.1 Å². The Kier molecular flexibility index (Phi) is 4.20. The molecular formula is C16H20N4O2. The Morgan fingerprint density at radius 2 is 2.09 bits per heavy atom. The van der Waals surface area contributed by atoms with Crippen molar-refractivity contribution < 1.29 is 9.53 Å². The maximum Gasteiger partial charge on any atom is 0.229 e. The van der Waals surface area contributed by atoms with E-state index in [4.69, 9.17) is 4.74 Å². The maximum atomic E-state index is 12.5. The molecule has 1 saturated heterocycles. The first-order valence-corrected chi connectivity index (χ1v) is 7.51. The molecular weight excluding hydrogens is 280 g/mol. The van der Waals surface area contributed by atoms with Gasteiger partial charge in [0.15, 0.2) is 0 Å². The van der Waals surface area contributed by atoms with Crippen LogP contribution in [0.25, 0.3) is 5.69 Å². The molecule has 1 aliphatic heterocycles. The Morgan fingerprint density at radius 1 is 1.32 bits per heavy atom. The van der Waals surface area contributed by atoms with Crippen molar-refractivity contribution >= 4 is 5.91 Å². The summed E-state index contributed by atoms with van der Waals surface area (Å²) in [6.07, 6.45) is 2.00. The molecule has 1 aliphatic rings. The summed E-state index contributed by atoms with van der Waals surface area (Å²) in [6, 6.07) is 9.76. The van der Waals surface area contributed by atoms with Gasteiger partial charge in [0.25, 0.3) is 0 Å². The number of hydrogen-bond donors (Lipinski definition) is 0. The van der Waals surface area contributed by atoms with Crippen molar-refractivity contribution in [3.8, 4) is 5.69 Å². The summed E-state index contributed by atoms with van der Waals surface area (Å²) in [4.78, 5) is 15.9. The molecule has 0 aliphatic carbocycles. The van der Waals surface area contributed by atoms with Gasteiger partial charge >= 0.3 is 0 Å². The normalized spacial score (nSPS) is 21.8. The third kappa shape index (κ3) is 3.17. The highest BCUT2D eigenvalue weighted by Crippen LogP contribution is 2.13. The molecule has 0 N–H and O–H groups in total. The molecule has 1 fully saturated rings. The van der Waals surface area contributed by atoms with E-state index in [1.54, 1.807) is 11.0 Å². The fourth-order valence-electron chi connectivity index (χ4n) is 2.57. The Morgan fingerprint density at radius 3 is 2.86 bits per heavy atom. The van der Waals surface area contributed by atoms with Crippen LogP contribution < -0.4 is 0 Å². The van der Waals surface area contributed by atoms with Gasteiger partial charge in [-0.25, -0.2) is 0 Å². The number of hydrogen-bond acceptors (Lipinski definition) is 4. The molecule has 6 heteroatoms. The monoisotopic (exact) mass is 300 g/mol. The number of nitrogens with zero attached hydrogens (tertiary/aromatic N) is 4. The molecule has 2 unspecified atom stereocenters. The molecule has 1 aromatic heterocycles. The number of morpholine rings is 1. The molecule has 2 aromatic rings. The number of benzene rings is 1. The van der Waals surface area contributed by atoms with Gasteiger partial charge in [0.05, 0.1) is 42.8 Å². The van der Waals surface area contributed by atoms with Crippen molar-refractivity contribution in [2.24, 2.45) is 0 Å². The van der Waals surface area contributed by atoms with E-state index in [-0.39, 0.29) is 24.5 Å². The highest BCUT2D eigenvalue weighted by molar-refractivity contribution is 5.78. The zero-order valence-electron chi connectivity index (χ0n) is 12.8. The molecule has 116 valence electrons. The third-order valence-electron chi connectivity index (χ3n) is 3.79. The maximum absolute atomic E-state index is 12.5. The minimum atomic E-state index is 0.0720. The minimum Gasteiger partial charge on any atom is -0.375 e. The molecule has 0 saturated carbocycles. The van der Waals surface area contributed by atoms with Gasteiger partial charge in [-0.1, -0.05) is 18.2 Å². The molecule has 1 amide bonds. The van der Waals surface area contributed by atoms with Gasteiger partial charge in [0.2, 0.25) is 5.91 Å². The van der Waals surface area contributed by atoms with E-state index in [2.05, 4.69) is 10.2 Å². The lowest BCUT2D eigenvalue weighted by atomic mass is 10.2.